The fourth-order valence-corrected chi connectivity index (χ4v) is 2.92. The summed E-state index contributed by atoms with van der Waals surface area (Å²) in [4.78, 5) is 2.08. The lowest BCUT2D eigenvalue weighted by Crippen LogP contribution is -2.42. The predicted molar refractivity (Wildman–Crippen MR) is 83.8 cm³/mol. The van der Waals surface area contributed by atoms with E-state index in [2.05, 4.69) is 4.90 Å². The number of hydrogen-bond acceptors (Lipinski definition) is 4. The first-order valence-corrected chi connectivity index (χ1v) is 8.14. The number of halogens is 3. The van der Waals surface area contributed by atoms with Crippen molar-refractivity contribution in [2.45, 2.75) is 38.1 Å². The number of piperidine rings is 1. The third kappa shape index (κ3) is 5.65. The summed E-state index contributed by atoms with van der Waals surface area (Å²) < 4.78 is 43.2. The minimum absolute atomic E-state index is 0.0579. The molecule has 136 valence electrons. The molecule has 7 heteroatoms. The maximum absolute atomic E-state index is 12.6. The van der Waals surface area contributed by atoms with Crippen LogP contribution >= 0.6 is 0 Å². The van der Waals surface area contributed by atoms with Crippen LogP contribution in [0.4, 0.5) is 13.2 Å². The van der Waals surface area contributed by atoms with Gasteiger partial charge in [-0.05, 0) is 57.0 Å². The Labute approximate surface area is 139 Å². The summed E-state index contributed by atoms with van der Waals surface area (Å²) in [7, 11) is 0. The van der Waals surface area contributed by atoms with Crippen LogP contribution in [0.3, 0.4) is 0 Å². The molecular formula is C17H24F3NO3. The Balaban J connectivity index is 1.77. The third-order valence-corrected chi connectivity index (χ3v) is 4.39. The molecule has 1 aliphatic heterocycles. The second-order valence-electron chi connectivity index (χ2n) is 6.37. The van der Waals surface area contributed by atoms with Crippen molar-refractivity contribution in [2.75, 3.05) is 26.2 Å². The number of alkyl halides is 3. The summed E-state index contributed by atoms with van der Waals surface area (Å²) in [5.74, 6) is 0.386. The van der Waals surface area contributed by atoms with Crippen LogP contribution in [0.2, 0.25) is 0 Å². The second kappa shape index (κ2) is 8.18. The van der Waals surface area contributed by atoms with E-state index in [1.807, 2.05) is 0 Å². The minimum atomic E-state index is -4.41. The highest BCUT2D eigenvalue weighted by molar-refractivity contribution is 5.30. The zero-order chi connectivity index (χ0) is 17.7. The van der Waals surface area contributed by atoms with Gasteiger partial charge in [-0.25, -0.2) is 0 Å². The van der Waals surface area contributed by atoms with Crippen LogP contribution in [-0.4, -0.2) is 53.6 Å². The van der Waals surface area contributed by atoms with E-state index in [0.29, 0.717) is 12.5 Å². The second-order valence-corrected chi connectivity index (χ2v) is 6.37. The SMILES string of the molecule is CC(O)C1CCN(CC(O)COc2cccc(C(F)(F)F)c2)CC1. The zero-order valence-electron chi connectivity index (χ0n) is 13.7. The fraction of sp³-hybridized carbons (Fsp3) is 0.647. The number of benzene rings is 1. The topological polar surface area (TPSA) is 52.9 Å². The molecule has 2 N–H and O–H groups in total. The smallest absolute Gasteiger partial charge is 0.416 e. The Morgan fingerprint density at radius 1 is 1.25 bits per heavy atom. The van der Waals surface area contributed by atoms with Crippen molar-refractivity contribution in [1.29, 1.82) is 0 Å². The van der Waals surface area contributed by atoms with Gasteiger partial charge in [0, 0.05) is 6.54 Å². The van der Waals surface area contributed by atoms with E-state index < -0.39 is 17.8 Å². The number of likely N-dealkylation sites (tertiary alicyclic amines) is 1. The summed E-state index contributed by atoms with van der Waals surface area (Å²) in [5.41, 5.74) is -0.769. The number of rotatable bonds is 6. The van der Waals surface area contributed by atoms with Gasteiger partial charge in [-0.3, -0.25) is 0 Å². The number of hydrogen-bond donors (Lipinski definition) is 2. The normalized spacial score (nSPS) is 19.9. The molecule has 1 heterocycles. The maximum atomic E-state index is 12.6. The number of ether oxygens (including phenoxy) is 1. The van der Waals surface area contributed by atoms with E-state index in [4.69, 9.17) is 4.74 Å². The zero-order valence-corrected chi connectivity index (χ0v) is 13.7. The summed E-state index contributed by atoms with van der Waals surface area (Å²) in [6, 6.07) is 4.64. The van der Waals surface area contributed by atoms with E-state index in [0.717, 1.165) is 38.1 Å². The van der Waals surface area contributed by atoms with E-state index in [-0.39, 0.29) is 18.5 Å². The van der Waals surface area contributed by atoms with Gasteiger partial charge in [-0.1, -0.05) is 6.07 Å². The van der Waals surface area contributed by atoms with Crippen molar-refractivity contribution in [3.63, 3.8) is 0 Å². The van der Waals surface area contributed by atoms with Gasteiger partial charge in [-0.15, -0.1) is 0 Å². The molecule has 1 fully saturated rings. The average molecular weight is 347 g/mol. The highest BCUT2D eigenvalue weighted by Gasteiger charge is 2.30. The van der Waals surface area contributed by atoms with Crippen molar-refractivity contribution in [1.82, 2.24) is 4.90 Å². The van der Waals surface area contributed by atoms with E-state index in [1.54, 1.807) is 6.92 Å². The van der Waals surface area contributed by atoms with Gasteiger partial charge >= 0.3 is 6.18 Å². The van der Waals surface area contributed by atoms with E-state index in [1.165, 1.54) is 12.1 Å². The van der Waals surface area contributed by atoms with Gasteiger partial charge in [0.05, 0.1) is 11.7 Å². The van der Waals surface area contributed by atoms with Gasteiger partial charge in [0.1, 0.15) is 18.5 Å². The molecule has 0 radical (unpaired) electrons. The van der Waals surface area contributed by atoms with Gasteiger partial charge in [0.25, 0.3) is 0 Å². The Hall–Kier alpha value is -1.31. The Kier molecular flexibility index (Phi) is 6.48. The van der Waals surface area contributed by atoms with Gasteiger partial charge in [0.2, 0.25) is 0 Å². The molecule has 1 saturated heterocycles. The predicted octanol–water partition coefficient (Wildman–Crippen LogP) is 2.54. The molecule has 2 unspecified atom stereocenters. The highest BCUT2D eigenvalue weighted by atomic mass is 19.4. The molecule has 24 heavy (non-hydrogen) atoms. The molecular weight excluding hydrogens is 323 g/mol. The quantitative estimate of drug-likeness (QED) is 0.830. The Morgan fingerprint density at radius 3 is 2.50 bits per heavy atom. The van der Waals surface area contributed by atoms with E-state index >= 15 is 0 Å². The number of aliphatic hydroxyl groups is 2. The molecule has 2 rings (SSSR count). The monoisotopic (exact) mass is 347 g/mol. The minimum Gasteiger partial charge on any atom is -0.491 e. The molecule has 0 aliphatic carbocycles. The summed E-state index contributed by atoms with van der Waals surface area (Å²) >= 11 is 0. The Bertz CT molecular complexity index is 514. The number of nitrogens with zero attached hydrogens (tertiary/aromatic N) is 1. The summed E-state index contributed by atoms with van der Waals surface area (Å²) in [6.07, 6.45) is -3.76. The van der Waals surface area contributed by atoms with Crippen molar-refractivity contribution in [3.05, 3.63) is 29.8 Å². The average Bonchev–Trinajstić information content (AvgIpc) is 2.53. The molecule has 0 spiro atoms. The maximum Gasteiger partial charge on any atom is 0.416 e. The van der Waals surface area contributed by atoms with Crippen LogP contribution in [0.1, 0.15) is 25.3 Å². The van der Waals surface area contributed by atoms with Crippen LogP contribution in [0.25, 0.3) is 0 Å². The Morgan fingerprint density at radius 2 is 1.92 bits per heavy atom. The standard InChI is InChI=1S/C17H24F3NO3/c1-12(22)13-5-7-21(8-6-13)10-15(23)11-24-16-4-2-3-14(9-16)17(18,19)20/h2-4,9,12-13,15,22-23H,5-8,10-11H2,1H3. The first kappa shape index (κ1) is 19.0. The lowest BCUT2D eigenvalue weighted by atomic mass is 9.92. The van der Waals surface area contributed by atoms with E-state index in [9.17, 15) is 23.4 Å². The summed E-state index contributed by atoms with van der Waals surface area (Å²) in [6.45, 7) is 3.72. The molecule has 1 aliphatic rings. The molecule has 0 amide bonds. The molecule has 1 aromatic carbocycles. The van der Waals surface area contributed by atoms with Crippen LogP contribution in [0.5, 0.6) is 5.75 Å². The van der Waals surface area contributed by atoms with Gasteiger partial charge in [-0.2, -0.15) is 13.2 Å². The van der Waals surface area contributed by atoms with Crippen LogP contribution in [-0.2, 0) is 6.18 Å². The molecule has 0 aromatic heterocycles. The molecule has 1 aromatic rings. The molecule has 2 atom stereocenters. The third-order valence-electron chi connectivity index (χ3n) is 4.39. The van der Waals surface area contributed by atoms with Crippen molar-refractivity contribution < 1.29 is 28.1 Å². The lowest BCUT2D eigenvalue weighted by molar-refractivity contribution is -0.137. The van der Waals surface area contributed by atoms with Crippen LogP contribution < -0.4 is 4.74 Å². The lowest BCUT2D eigenvalue weighted by Gasteiger charge is -2.34. The molecule has 0 bridgehead atoms. The molecule has 0 saturated carbocycles. The number of aliphatic hydroxyl groups excluding tert-OH is 2. The summed E-state index contributed by atoms with van der Waals surface area (Å²) in [5, 5.41) is 19.6. The van der Waals surface area contributed by atoms with Crippen LogP contribution in [0, 0.1) is 5.92 Å². The molecule has 4 nitrogen and oxygen atoms in total. The van der Waals surface area contributed by atoms with Gasteiger partial charge < -0.3 is 19.8 Å². The first-order chi connectivity index (χ1) is 11.3. The van der Waals surface area contributed by atoms with Crippen molar-refractivity contribution >= 4 is 0 Å². The van der Waals surface area contributed by atoms with Gasteiger partial charge in [0.15, 0.2) is 0 Å². The van der Waals surface area contributed by atoms with Crippen molar-refractivity contribution in [3.8, 4) is 5.75 Å². The number of β-amino-alcohol motifs (C(OH)–C–C–N with tert-alkyl or cyclic N) is 1. The largest absolute Gasteiger partial charge is 0.491 e. The fourth-order valence-electron chi connectivity index (χ4n) is 2.92. The highest BCUT2D eigenvalue weighted by Crippen LogP contribution is 2.31. The first-order valence-electron chi connectivity index (χ1n) is 8.14. The van der Waals surface area contributed by atoms with Crippen LogP contribution in [0.15, 0.2) is 24.3 Å². The van der Waals surface area contributed by atoms with Crippen molar-refractivity contribution in [2.24, 2.45) is 5.92 Å².